The van der Waals surface area contributed by atoms with Crippen LogP contribution in [0.4, 0.5) is 5.69 Å². The third-order valence-corrected chi connectivity index (χ3v) is 1.95. The summed E-state index contributed by atoms with van der Waals surface area (Å²) >= 11 is 3.11. The molecule has 0 spiro atoms. The number of esters is 1. The lowest BCUT2D eigenvalue weighted by Gasteiger charge is -2.01. The van der Waals surface area contributed by atoms with Crippen LogP contribution in [-0.4, -0.2) is 22.8 Å². The molecule has 80 valence electrons. The van der Waals surface area contributed by atoms with E-state index in [-0.39, 0.29) is 12.3 Å². The number of benzene rings is 1. The molecule has 0 aliphatic rings. The minimum absolute atomic E-state index is 0.0490. The van der Waals surface area contributed by atoms with E-state index in [4.69, 9.17) is 4.74 Å². The summed E-state index contributed by atoms with van der Waals surface area (Å²) in [4.78, 5) is 21.1. The molecule has 0 saturated carbocycles. The van der Waals surface area contributed by atoms with Gasteiger partial charge in [-0.05, 0) is 12.1 Å². The number of nitrogens with zero attached hydrogens (tertiary/aromatic N) is 1. The predicted molar refractivity (Wildman–Crippen MR) is 57.2 cm³/mol. The van der Waals surface area contributed by atoms with Crippen molar-refractivity contribution in [3.8, 4) is 0 Å². The average molecular weight is 274 g/mol. The van der Waals surface area contributed by atoms with Crippen molar-refractivity contribution in [3.05, 3.63) is 39.9 Å². The number of alkyl halides is 1. The van der Waals surface area contributed by atoms with Crippen molar-refractivity contribution in [1.29, 1.82) is 0 Å². The van der Waals surface area contributed by atoms with Crippen LogP contribution in [0.2, 0.25) is 0 Å². The molecular weight excluding hydrogens is 266 g/mol. The van der Waals surface area contributed by atoms with Crippen molar-refractivity contribution in [2.45, 2.75) is 0 Å². The highest BCUT2D eigenvalue weighted by Crippen LogP contribution is 2.12. The molecule has 1 rings (SSSR count). The molecule has 0 N–H and O–H groups in total. The molecule has 1 aromatic carbocycles. The molecule has 0 atom stereocenters. The Hall–Kier alpha value is -1.43. The first-order chi connectivity index (χ1) is 7.15. The third-order valence-electron chi connectivity index (χ3n) is 1.62. The first-order valence-electron chi connectivity index (χ1n) is 4.12. The largest absolute Gasteiger partial charge is 0.461 e. The van der Waals surface area contributed by atoms with Gasteiger partial charge in [-0.25, -0.2) is 4.79 Å². The first-order valence-corrected chi connectivity index (χ1v) is 5.25. The van der Waals surface area contributed by atoms with Crippen LogP contribution < -0.4 is 0 Å². The maximum absolute atomic E-state index is 11.3. The van der Waals surface area contributed by atoms with Crippen molar-refractivity contribution in [2.24, 2.45) is 0 Å². The second kappa shape index (κ2) is 5.45. The van der Waals surface area contributed by atoms with Gasteiger partial charge in [0.1, 0.15) is 6.61 Å². The van der Waals surface area contributed by atoms with Crippen LogP contribution in [0.15, 0.2) is 24.3 Å². The lowest BCUT2D eigenvalue weighted by molar-refractivity contribution is -0.384. The van der Waals surface area contributed by atoms with Crippen molar-refractivity contribution >= 4 is 27.6 Å². The Morgan fingerprint density at radius 3 is 2.47 bits per heavy atom. The van der Waals surface area contributed by atoms with E-state index in [1.807, 2.05) is 0 Å². The average Bonchev–Trinajstić information content (AvgIpc) is 2.26. The van der Waals surface area contributed by atoms with Crippen LogP contribution in [0.5, 0.6) is 0 Å². The number of non-ortho nitro benzene ring substituents is 1. The van der Waals surface area contributed by atoms with Gasteiger partial charge in [-0.3, -0.25) is 10.1 Å². The van der Waals surface area contributed by atoms with E-state index in [1.165, 1.54) is 24.3 Å². The highest BCUT2D eigenvalue weighted by molar-refractivity contribution is 9.09. The molecule has 0 aromatic heterocycles. The van der Waals surface area contributed by atoms with E-state index in [1.54, 1.807) is 0 Å². The van der Waals surface area contributed by atoms with Gasteiger partial charge < -0.3 is 4.74 Å². The molecule has 1 aromatic rings. The van der Waals surface area contributed by atoms with Crippen LogP contribution in [0.1, 0.15) is 10.4 Å². The number of nitro benzene ring substituents is 1. The molecule has 0 fully saturated rings. The van der Waals surface area contributed by atoms with Crippen LogP contribution in [-0.2, 0) is 4.74 Å². The number of ether oxygens (including phenoxy) is 1. The van der Waals surface area contributed by atoms with Gasteiger partial charge in [-0.1, -0.05) is 15.9 Å². The van der Waals surface area contributed by atoms with Gasteiger partial charge in [-0.15, -0.1) is 0 Å². The van der Waals surface area contributed by atoms with E-state index in [9.17, 15) is 14.9 Å². The Labute approximate surface area is 94.3 Å². The number of carbonyl (C=O) groups excluding carboxylic acids is 1. The van der Waals surface area contributed by atoms with Gasteiger partial charge in [-0.2, -0.15) is 0 Å². The second-order valence-electron chi connectivity index (χ2n) is 2.63. The molecule has 0 heterocycles. The van der Waals surface area contributed by atoms with Crippen molar-refractivity contribution in [1.82, 2.24) is 0 Å². The summed E-state index contributed by atoms with van der Waals surface area (Å²) in [5.41, 5.74) is 0.258. The topological polar surface area (TPSA) is 69.4 Å². The minimum atomic E-state index is -0.520. The Morgan fingerprint density at radius 1 is 1.40 bits per heavy atom. The molecule has 0 amide bonds. The number of carbonyl (C=O) groups is 1. The molecule has 0 radical (unpaired) electrons. The maximum Gasteiger partial charge on any atom is 0.338 e. The Morgan fingerprint density at radius 2 is 2.00 bits per heavy atom. The van der Waals surface area contributed by atoms with Gasteiger partial charge >= 0.3 is 5.97 Å². The molecule has 0 aliphatic carbocycles. The zero-order valence-electron chi connectivity index (χ0n) is 7.68. The molecule has 0 aliphatic heterocycles. The van der Waals surface area contributed by atoms with Crippen LogP contribution in [0, 0.1) is 10.1 Å². The molecule has 5 nitrogen and oxygen atoms in total. The van der Waals surface area contributed by atoms with Crippen LogP contribution in [0.3, 0.4) is 0 Å². The molecule has 0 unspecified atom stereocenters. The SMILES string of the molecule is O=C(OCCBr)c1ccc([N+](=O)[O-])cc1. The number of rotatable bonds is 4. The minimum Gasteiger partial charge on any atom is -0.461 e. The normalized spacial score (nSPS) is 9.67. The van der Waals surface area contributed by atoms with Crippen molar-refractivity contribution in [2.75, 3.05) is 11.9 Å². The van der Waals surface area contributed by atoms with Gasteiger partial charge in [0.25, 0.3) is 5.69 Å². The summed E-state index contributed by atoms with van der Waals surface area (Å²) in [6.07, 6.45) is 0. The number of hydrogen-bond donors (Lipinski definition) is 0. The lowest BCUT2D eigenvalue weighted by Crippen LogP contribution is -2.06. The van der Waals surface area contributed by atoms with Gasteiger partial charge in [0.15, 0.2) is 0 Å². The molecule has 0 saturated heterocycles. The van der Waals surface area contributed by atoms with Crippen molar-refractivity contribution < 1.29 is 14.5 Å². The first kappa shape index (κ1) is 11.6. The monoisotopic (exact) mass is 273 g/mol. The fraction of sp³-hybridized carbons (Fsp3) is 0.222. The quantitative estimate of drug-likeness (QED) is 0.365. The summed E-state index contributed by atoms with van der Waals surface area (Å²) < 4.78 is 4.82. The standard InChI is InChI=1S/C9H8BrNO4/c10-5-6-15-9(12)7-1-3-8(4-2-7)11(13)14/h1-4H,5-6H2. The van der Waals surface area contributed by atoms with Gasteiger partial charge in [0.05, 0.1) is 10.5 Å². The maximum atomic E-state index is 11.3. The summed E-state index contributed by atoms with van der Waals surface area (Å²) in [6.45, 7) is 0.274. The Kier molecular flexibility index (Phi) is 4.23. The van der Waals surface area contributed by atoms with Crippen LogP contribution >= 0.6 is 15.9 Å². The fourth-order valence-electron chi connectivity index (χ4n) is 0.934. The number of hydrogen-bond acceptors (Lipinski definition) is 4. The summed E-state index contributed by atoms with van der Waals surface area (Å²) in [5, 5.41) is 10.9. The smallest absolute Gasteiger partial charge is 0.338 e. The Bertz CT molecular complexity index is 363. The highest BCUT2D eigenvalue weighted by atomic mass is 79.9. The zero-order chi connectivity index (χ0) is 11.3. The van der Waals surface area contributed by atoms with Gasteiger partial charge in [0.2, 0.25) is 0 Å². The highest BCUT2D eigenvalue weighted by Gasteiger charge is 2.09. The number of halogens is 1. The lowest BCUT2D eigenvalue weighted by atomic mass is 10.2. The molecule has 6 heteroatoms. The van der Waals surface area contributed by atoms with Gasteiger partial charge in [0, 0.05) is 17.5 Å². The van der Waals surface area contributed by atoms with E-state index in [0.29, 0.717) is 10.9 Å². The van der Waals surface area contributed by atoms with E-state index in [2.05, 4.69) is 15.9 Å². The second-order valence-corrected chi connectivity index (χ2v) is 3.42. The Balaban J connectivity index is 2.71. The van der Waals surface area contributed by atoms with Crippen LogP contribution in [0.25, 0.3) is 0 Å². The third kappa shape index (κ3) is 3.32. The number of nitro groups is 1. The molecular formula is C9H8BrNO4. The fourth-order valence-corrected chi connectivity index (χ4v) is 1.10. The van der Waals surface area contributed by atoms with E-state index in [0.717, 1.165) is 0 Å². The molecule has 0 bridgehead atoms. The zero-order valence-corrected chi connectivity index (χ0v) is 9.27. The molecule has 15 heavy (non-hydrogen) atoms. The predicted octanol–water partition coefficient (Wildman–Crippen LogP) is 2.15. The summed E-state index contributed by atoms with van der Waals surface area (Å²) in [6, 6.07) is 5.28. The summed E-state index contributed by atoms with van der Waals surface area (Å²) in [7, 11) is 0. The van der Waals surface area contributed by atoms with E-state index < -0.39 is 10.9 Å². The summed E-state index contributed by atoms with van der Waals surface area (Å²) in [5.74, 6) is -0.482. The van der Waals surface area contributed by atoms with E-state index >= 15 is 0 Å². The van der Waals surface area contributed by atoms with Crippen molar-refractivity contribution in [3.63, 3.8) is 0 Å².